The van der Waals surface area contributed by atoms with Gasteiger partial charge in [-0.25, -0.2) is 4.98 Å². The predicted molar refractivity (Wildman–Crippen MR) is 120 cm³/mol. The number of aromatic nitrogens is 5. The molecule has 0 unspecified atom stereocenters. The highest BCUT2D eigenvalue weighted by Gasteiger charge is 2.20. The number of hydrogen-bond acceptors (Lipinski definition) is 6. The molecular formula is C24H20N6O2. The van der Waals surface area contributed by atoms with Crippen LogP contribution in [-0.2, 0) is 6.54 Å². The van der Waals surface area contributed by atoms with Crippen molar-refractivity contribution in [1.82, 2.24) is 24.9 Å². The zero-order valence-electron chi connectivity index (χ0n) is 17.6. The maximum atomic E-state index is 13.2. The highest BCUT2D eigenvalue weighted by atomic mass is 16.5. The van der Waals surface area contributed by atoms with Gasteiger partial charge in [0.1, 0.15) is 0 Å². The SMILES string of the molecule is Cc1ccc(-c2cc(C(=O)Nc3ccn(Cc4ccccn4)n3)c3c(C)noc3n2)cc1. The molecule has 0 saturated carbocycles. The van der Waals surface area contributed by atoms with Crippen molar-refractivity contribution < 1.29 is 9.32 Å². The van der Waals surface area contributed by atoms with Gasteiger partial charge in [-0.15, -0.1) is 0 Å². The lowest BCUT2D eigenvalue weighted by Crippen LogP contribution is -2.14. The fourth-order valence-corrected chi connectivity index (χ4v) is 3.50. The second kappa shape index (κ2) is 8.07. The molecule has 0 atom stereocenters. The van der Waals surface area contributed by atoms with Crippen molar-refractivity contribution in [2.75, 3.05) is 5.32 Å². The van der Waals surface area contributed by atoms with E-state index in [1.807, 2.05) is 49.4 Å². The molecule has 8 nitrogen and oxygen atoms in total. The molecule has 5 aromatic rings. The third kappa shape index (κ3) is 3.85. The van der Waals surface area contributed by atoms with Crippen molar-refractivity contribution in [2.45, 2.75) is 20.4 Å². The first-order chi connectivity index (χ1) is 15.6. The minimum atomic E-state index is -0.305. The van der Waals surface area contributed by atoms with E-state index < -0.39 is 0 Å². The molecule has 0 bridgehead atoms. The van der Waals surface area contributed by atoms with E-state index in [1.165, 1.54) is 0 Å². The molecule has 0 saturated heterocycles. The van der Waals surface area contributed by atoms with E-state index >= 15 is 0 Å². The van der Waals surface area contributed by atoms with E-state index in [0.717, 1.165) is 16.8 Å². The topological polar surface area (TPSA) is 98.7 Å². The van der Waals surface area contributed by atoms with E-state index in [9.17, 15) is 4.79 Å². The number of amides is 1. The highest BCUT2D eigenvalue weighted by molar-refractivity contribution is 6.12. The van der Waals surface area contributed by atoms with Gasteiger partial charge in [0, 0.05) is 24.0 Å². The molecule has 1 N–H and O–H groups in total. The standard InChI is InChI=1S/C24H20N6O2/c1-15-6-8-17(9-7-15)20-13-19(22-16(2)29-32-24(22)26-20)23(31)27-21-10-12-30(28-21)14-18-5-3-4-11-25-18/h3-13H,14H2,1-2H3,(H,27,28,31). The fraction of sp³-hybridized carbons (Fsp3) is 0.125. The third-order valence-corrected chi connectivity index (χ3v) is 5.14. The van der Waals surface area contributed by atoms with Gasteiger partial charge in [0.25, 0.3) is 11.6 Å². The smallest absolute Gasteiger partial charge is 0.259 e. The van der Waals surface area contributed by atoms with E-state index in [1.54, 1.807) is 36.1 Å². The quantitative estimate of drug-likeness (QED) is 0.449. The largest absolute Gasteiger partial charge is 0.335 e. The maximum Gasteiger partial charge on any atom is 0.259 e. The number of carbonyl (C=O) groups is 1. The number of hydrogen-bond donors (Lipinski definition) is 1. The van der Waals surface area contributed by atoms with Crippen LogP contribution < -0.4 is 5.32 Å². The Morgan fingerprint density at radius 2 is 1.94 bits per heavy atom. The molecule has 32 heavy (non-hydrogen) atoms. The van der Waals surface area contributed by atoms with Gasteiger partial charge < -0.3 is 9.84 Å². The number of benzene rings is 1. The van der Waals surface area contributed by atoms with Gasteiger partial charge in [-0.1, -0.05) is 41.1 Å². The first-order valence-corrected chi connectivity index (χ1v) is 10.2. The Morgan fingerprint density at radius 3 is 2.72 bits per heavy atom. The van der Waals surface area contributed by atoms with E-state index in [0.29, 0.717) is 40.4 Å². The van der Waals surface area contributed by atoms with Crippen LogP contribution in [0.1, 0.15) is 27.3 Å². The van der Waals surface area contributed by atoms with Gasteiger partial charge in [0.15, 0.2) is 5.82 Å². The Kier molecular flexibility index (Phi) is 4.95. The first kappa shape index (κ1) is 19.6. The number of carbonyl (C=O) groups excluding carboxylic acids is 1. The normalized spacial score (nSPS) is 11.1. The summed E-state index contributed by atoms with van der Waals surface area (Å²) in [6, 6.07) is 17.2. The molecule has 158 valence electrons. The third-order valence-electron chi connectivity index (χ3n) is 5.14. The first-order valence-electron chi connectivity index (χ1n) is 10.2. The molecule has 0 spiro atoms. The molecule has 0 aliphatic heterocycles. The van der Waals surface area contributed by atoms with Crippen LogP contribution in [0.5, 0.6) is 0 Å². The summed E-state index contributed by atoms with van der Waals surface area (Å²) in [6.45, 7) is 4.32. The monoisotopic (exact) mass is 424 g/mol. The number of nitrogens with one attached hydrogen (secondary N) is 1. The number of fused-ring (bicyclic) bond motifs is 1. The molecule has 5 rings (SSSR count). The molecule has 0 aliphatic rings. The molecule has 0 fully saturated rings. The van der Waals surface area contributed by atoms with Gasteiger partial charge in [-0.3, -0.25) is 14.5 Å². The van der Waals surface area contributed by atoms with E-state index in [-0.39, 0.29) is 5.91 Å². The molecule has 8 heteroatoms. The lowest BCUT2D eigenvalue weighted by atomic mass is 10.0. The summed E-state index contributed by atoms with van der Waals surface area (Å²) < 4.78 is 7.10. The summed E-state index contributed by atoms with van der Waals surface area (Å²) in [6.07, 6.45) is 3.54. The lowest BCUT2D eigenvalue weighted by Gasteiger charge is -2.07. The minimum absolute atomic E-state index is 0.305. The van der Waals surface area contributed by atoms with Crippen LogP contribution in [0.2, 0.25) is 0 Å². The fourth-order valence-electron chi connectivity index (χ4n) is 3.50. The summed E-state index contributed by atoms with van der Waals surface area (Å²) in [5.41, 5.74) is 4.92. The van der Waals surface area contributed by atoms with E-state index in [4.69, 9.17) is 4.52 Å². The Morgan fingerprint density at radius 1 is 1.09 bits per heavy atom. The average molecular weight is 424 g/mol. The predicted octanol–water partition coefficient (Wildman–Crippen LogP) is 4.40. The van der Waals surface area contributed by atoms with Crippen LogP contribution in [0.4, 0.5) is 5.82 Å². The molecular weight excluding hydrogens is 404 g/mol. The molecule has 0 aliphatic carbocycles. The van der Waals surface area contributed by atoms with Crippen LogP contribution in [0.3, 0.4) is 0 Å². The lowest BCUT2D eigenvalue weighted by molar-refractivity contribution is 0.102. The number of pyridine rings is 2. The van der Waals surface area contributed by atoms with E-state index in [2.05, 4.69) is 25.5 Å². The highest BCUT2D eigenvalue weighted by Crippen LogP contribution is 2.27. The summed E-state index contributed by atoms with van der Waals surface area (Å²) in [5.74, 6) is 0.141. The van der Waals surface area contributed by atoms with Gasteiger partial charge in [-0.05, 0) is 32.0 Å². The van der Waals surface area contributed by atoms with Crippen LogP contribution in [0, 0.1) is 13.8 Å². The number of rotatable bonds is 5. The summed E-state index contributed by atoms with van der Waals surface area (Å²) >= 11 is 0. The van der Waals surface area contributed by atoms with Gasteiger partial charge >= 0.3 is 0 Å². The second-order valence-corrected chi connectivity index (χ2v) is 7.54. The van der Waals surface area contributed by atoms with Gasteiger partial charge in [0.2, 0.25) is 0 Å². The van der Waals surface area contributed by atoms with Crippen LogP contribution in [0.25, 0.3) is 22.4 Å². The van der Waals surface area contributed by atoms with Crippen molar-refractivity contribution in [1.29, 1.82) is 0 Å². The van der Waals surface area contributed by atoms with Gasteiger partial charge in [0.05, 0.1) is 34.6 Å². The zero-order chi connectivity index (χ0) is 22.1. The number of aryl methyl sites for hydroxylation is 2. The Hall–Kier alpha value is -4.33. The second-order valence-electron chi connectivity index (χ2n) is 7.54. The molecule has 1 aromatic carbocycles. The number of anilines is 1. The van der Waals surface area contributed by atoms with Crippen LogP contribution in [-0.4, -0.2) is 30.8 Å². The van der Waals surface area contributed by atoms with Crippen molar-refractivity contribution in [3.63, 3.8) is 0 Å². The van der Waals surface area contributed by atoms with Crippen molar-refractivity contribution in [3.05, 3.63) is 89.5 Å². The Balaban J connectivity index is 1.45. The number of nitrogens with zero attached hydrogens (tertiary/aromatic N) is 5. The average Bonchev–Trinajstić information content (AvgIpc) is 3.40. The Bertz CT molecular complexity index is 1400. The van der Waals surface area contributed by atoms with Crippen LogP contribution in [0.15, 0.2) is 71.5 Å². The zero-order valence-corrected chi connectivity index (χ0v) is 17.6. The van der Waals surface area contributed by atoms with Crippen molar-refractivity contribution in [3.8, 4) is 11.3 Å². The van der Waals surface area contributed by atoms with Crippen molar-refractivity contribution in [2.24, 2.45) is 0 Å². The molecule has 0 radical (unpaired) electrons. The van der Waals surface area contributed by atoms with Crippen molar-refractivity contribution >= 4 is 22.8 Å². The molecule has 4 heterocycles. The summed E-state index contributed by atoms with van der Waals surface area (Å²) in [4.78, 5) is 22.1. The maximum absolute atomic E-state index is 13.2. The molecule has 1 amide bonds. The van der Waals surface area contributed by atoms with Gasteiger partial charge in [-0.2, -0.15) is 5.10 Å². The summed E-state index contributed by atoms with van der Waals surface area (Å²) in [7, 11) is 0. The molecule has 4 aromatic heterocycles. The Labute approximate surface area is 183 Å². The minimum Gasteiger partial charge on any atom is -0.335 e. The van der Waals surface area contributed by atoms with Crippen LogP contribution >= 0.6 is 0 Å². The summed E-state index contributed by atoms with van der Waals surface area (Å²) in [5, 5.41) is 11.9.